The van der Waals surface area contributed by atoms with Gasteiger partial charge in [0, 0.05) is 16.7 Å². The van der Waals surface area contributed by atoms with Crippen molar-refractivity contribution in [3.63, 3.8) is 0 Å². The molecule has 0 unspecified atom stereocenters. The molecule has 1 aromatic rings. The zero-order chi connectivity index (χ0) is 20.8. The maximum Gasteiger partial charge on any atom is 0.230 e. The van der Waals surface area contributed by atoms with Crippen molar-refractivity contribution in [3.8, 4) is 0 Å². The monoisotopic (exact) mass is 403 g/mol. The number of carbonyl (C=O) groups excluding carboxylic acids is 2. The topological polar surface area (TPSA) is 46.2 Å². The van der Waals surface area contributed by atoms with E-state index in [0.717, 1.165) is 49.1 Å². The second-order valence-corrected chi connectivity index (χ2v) is 11.0. The SMILES string of the molecule is CC(C)CCC1(C(=O)Nc2ccccc2SC(=O)CC(C)(C)C)CCCCC1. The summed E-state index contributed by atoms with van der Waals surface area (Å²) in [5.41, 5.74) is 0.482. The predicted molar refractivity (Wildman–Crippen MR) is 120 cm³/mol. The number of carbonyl (C=O) groups is 2. The van der Waals surface area contributed by atoms with E-state index in [1.807, 2.05) is 24.3 Å². The third-order valence-electron chi connectivity index (χ3n) is 5.53. The van der Waals surface area contributed by atoms with Gasteiger partial charge in [0.1, 0.15) is 0 Å². The van der Waals surface area contributed by atoms with Gasteiger partial charge in [-0.2, -0.15) is 0 Å². The summed E-state index contributed by atoms with van der Waals surface area (Å²) in [6.45, 7) is 10.7. The van der Waals surface area contributed by atoms with Crippen molar-refractivity contribution < 1.29 is 9.59 Å². The van der Waals surface area contributed by atoms with Crippen LogP contribution < -0.4 is 5.32 Å². The smallest absolute Gasteiger partial charge is 0.230 e. The lowest BCUT2D eigenvalue weighted by atomic mass is 9.69. The third-order valence-corrected chi connectivity index (χ3v) is 6.47. The van der Waals surface area contributed by atoms with Gasteiger partial charge in [0.05, 0.1) is 5.69 Å². The van der Waals surface area contributed by atoms with Crippen LogP contribution in [0.2, 0.25) is 0 Å². The molecule has 1 aromatic carbocycles. The zero-order valence-electron chi connectivity index (χ0n) is 18.3. The van der Waals surface area contributed by atoms with E-state index in [9.17, 15) is 9.59 Å². The first-order chi connectivity index (χ1) is 13.1. The average Bonchev–Trinajstić information content (AvgIpc) is 2.60. The summed E-state index contributed by atoms with van der Waals surface area (Å²) in [7, 11) is 0. The van der Waals surface area contributed by atoms with Crippen molar-refractivity contribution in [3.05, 3.63) is 24.3 Å². The molecule has 1 aliphatic rings. The van der Waals surface area contributed by atoms with Crippen LogP contribution in [-0.2, 0) is 9.59 Å². The predicted octanol–water partition coefficient (Wildman–Crippen LogP) is 7.07. The maximum atomic E-state index is 13.4. The Morgan fingerprint density at radius 2 is 1.75 bits per heavy atom. The number of para-hydroxylation sites is 1. The molecule has 3 nitrogen and oxygen atoms in total. The van der Waals surface area contributed by atoms with Crippen LogP contribution in [0.1, 0.15) is 86.0 Å². The third kappa shape index (κ3) is 6.95. The van der Waals surface area contributed by atoms with Gasteiger partial charge in [-0.3, -0.25) is 9.59 Å². The average molecular weight is 404 g/mol. The van der Waals surface area contributed by atoms with E-state index in [1.165, 1.54) is 18.2 Å². The van der Waals surface area contributed by atoms with Crippen LogP contribution in [0.3, 0.4) is 0 Å². The molecule has 1 aliphatic carbocycles. The summed E-state index contributed by atoms with van der Waals surface area (Å²) >= 11 is 1.25. The van der Waals surface area contributed by atoms with Gasteiger partial charge in [-0.1, -0.05) is 66.0 Å². The normalized spacial score (nSPS) is 16.8. The van der Waals surface area contributed by atoms with Gasteiger partial charge in [-0.15, -0.1) is 0 Å². The summed E-state index contributed by atoms with van der Waals surface area (Å²) in [4.78, 5) is 26.7. The van der Waals surface area contributed by atoms with Gasteiger partial charge in [0.2, 0.25) is 5.91 Å². The number of hydrogen-bond donors (Lipinski definition) is 1. The Kier molecular flexibility index (Phi) is 8.18. The molecule has 2 rings (SSSR count). The number of amides is 1. The molecule has 0 bridgehead atoms. The molecule has 0 spiro atoms. The van der Waals surface area contributed by atoms with Gasteiger partial charge in [-0.05, 0) is 60.9 Å². The second kappa shape index (κ2) is 9.96. The second-order valence-electron chi connectivity index (χ2n) is 9.94. The van der Waals surface area contributed by atoms with E-state index < -0.39 is 0 Å². The standard InChI is InChI=1S/C24H37NO2S/c1-18(2)13-16-24(14-9-6-10-15-24)22(27)25-19-11-7-8-12-20(19)28-21(26)17-23(3,4)5/h7-8,11-12,18H,6,9-10,13-17H2,1-5H3,(H,25,27). The van der Waals surface area contributed by atoms with Crippen LogP contribution in [0.25, 0.3) is 0 Å². The van der Waals surface area contributed by atoms with Crippen LogP contribution in [0.15, 0.2) is 29.2 Å². The van der Waals surface area contributed by atoms with Gasteiger partial charge < -0.3 is 5.32 Å². The van der Waals surface area contributed by atoms with E-state index in [4.69, 9.17) is 0 Å². The van der Waals surface area contributed by atoms with E-state index in [1.54, 1.807) is 0 Å². The van der Waals surface area contributed by atoms with Gasteiger partial charge in [-0.25, -0.2) is 0 Å². The highest BCUT2D eigenvalue weighted by molar-refractivity contribution is 8.13. The number of thioether (sulfide) groups is 1. The Morgan fingerprint density at radius 1 is 1.11 bits per heavy atom. The fraction of sp³-hybridized carbons (Fsp3) is 0.667. The minimum Gasteiger partial charge on any atom is -0.325 e. The van der Waals surface area contributed by atoms with Crippen molar-refractivity contribution in [2.24, 2.45) is 16.7 Å². The Labute approximate surface area is 175 Å². The molecule has 28 heavy (non-hydrogen) atoms. The molecule has 0 heterocycles. The molecule has 0 saturated heterocycles. The van der Waals surface area contributed by atoms with Crippen molar-refractivity contribution in [1.29, 1.82) is 0 Å². The lowest BCUT2D eigenvalue weighted by molar-refractivity contribution is -0.128. The number of hydrogen-bond acceptors (Lipinski definition) is 3. The molecule has 1 amide bonds. The van der Waals surface area contributed by atoms with E-state index in [-0.39, 0.29) is 21.9 Å². The highest BCUT2D eigenvalue weighted by Crippen LogP contribution is 2.43. The van der Waals surface area contributed by atoms with Crippen LogP contribution in [-0.4, -0.2) is 11.0 Å². The first kappa shape index (κ1) is 23.0. The highest BCUT2D eigenvalue weighted by Gasteiger charge is 2.39. The Hall–Kier alpha value is -1.29. The molecular weight excluding hydrogens is 366 g/mol. The summed E-state index contributed by atoms with van der Waals surface area (Å²) in [6, 6.07) is 7.71. The van der Waals surface area contributed by atoms with Crippen LogP contribution in [0.4, 0.5) is 5.69 Å². The molecule has 1 fully saturated rings. The van der Waals surface area contributed by atoms with Gasteiger partial charge in [0.15, 0.2) is 5.12 Å². The first-order valence-corrected chi connectivity index (χ1v) is 11.5. The molecule has 156 valence electrons. The van der Waals surface area contributed by atoms with Crippen molar-refractivity contribution in [1.82, 2.24) is 0 Å². The molecule has 0 atom stereocenters. The van der Waals surface area contributed by atoms with E-state index in [0.29, 0.717) is 12.3 Å². The molecule has 0 aliphatic heterocycles. The zero-order valence-corrected chi connectivity index (χ0v) is 19.1. The van der Waals surface area contributed by atoms with Crippen molar-refractivity contribution in [2.45, 2.75) is 90.9 Å². The van der Waals surface area contributed by atoms with Crippen LogP contribution >= 0.6 is 11.8 Å². The quantitative estimate of drug-likeness (QED) is 0.495. The minimum atomic E-state index is -0.254. The fourth-order valence-corrected chi connectivity index (χ4v) is 5.02. The molecule has 0 radical (unpaired) electrons. The van der Waals surface area contributed by atoms with E-state index >= 15 is 0 Å². The minimum absolute atomic E-state index is 0.0364. The summed E-state index contributed by atoms with van der Waals surface area (Å²) < 4.78 is 0. The molecule has 4 heteroatoms. The molecule has 1 saturated carbocycles. The largest absolute Gasteiger partial charge is 0.325 e. The van der Waals surface area contributed by atoms with Crippen molar-refractivity contribution in [2.75, 3.05) is 5.32 Å². The number of nitrogens with one attached hydrogen (secondary N) is 1. The Bertz CT molecular complexity index is 669. The lowest BCUT2D eigenvalue weighted by Gasteiger charge is -2.36. The first-order valence-electron chi connectivity index (χ1n) is 10.7. The maximum absolute atomic E-state index is 13.4. The number of anilines is 1. The Balaban J connectivity index is 2.14. The summed E-state index contributed by atoms with van der Waals surface area (Å²) in [5, 5.41) is 3.34. The lowest BCUT2D eigenvalue weighted by Crippen LogP contribution is -2.38. The number of rotatable bonds is 7. The van der Waals surface area contributed by atoms with Crippen LogP contribution in [0, 0.1) is 16.7 Å². The molecular formula is C24H37NO2S. The van der Waals surface area contributed by atoms with Crippen LogP contribution in [0.5, 0.6) is 0 Å². The van der Waals surface area contributed by atoms with Gasteiger partial charge >= 0.3 is 0 Å². The van der Waals surface area contributed by atoms with E-state index in [2.05, 4.69) is 39.9 Å². The summed E-state index contributed by atoms with van der Waals surface area (Å²) in [6.07, 6.45) is 7.98. The Morgan fingerprint density at radius 3 is 2.36 bits per heavy atom. The molecule has 0 aromatic heterocycles. The van der Waals surface area contributed by atoms with Gasteiger partial charge in [0.25, 0.3) is 0 Å². The number of benzene rings is 1. The van der Waals surface area contributed by atoms with Crippen molar-refractivity contribution >= 4 is 28.5 Å². The fourth-order valence-electron chi connectivity index (χ4n) is 3.89. The highest BCUT2D eigenvalue weighted by atomic mass is 32.2. The summed E-state index contributed by atoms with van der Waals surface area (Å²) in [5.74, 6) is 0.744. The molecule has 1 N–H and O–H groups in total.